The molecule has 124 valence electrons. The number of aromatic nitrogens is 2. The maximum atomic E-state index is 11.9. The summed E-state index contributed by atoms with van der Waals surface area (Å²) in [6, 6.07) is 14.9. The number of carbonyl (C=O) groups excluding carboxylic acids is 1. The molecule has 0 bridgehead atoms. The SMILES string of the molecule is C[C@@H](C(=O)Nc1ccc(-n2cnc3ccccc32)cc1)S(C)(=O)=O. The number of imidazole rings is 1. The Morgan fingerprint density at radius 1 is 1.12 bits per heavy atom. The van der Waals surface area contributed by atoms with Crippen molar-refractivity contribution in [3.05, 3.63) is 54.9 Å². The predicted octanol–water partition coefficient (Wildman–Crippen LogP) is 2.40. The molecule has 1 N–H and O–H groups in total. The lowest BCUT2D eigenvalue weighted by Crippen LogP contribution is -2.31. The molecule has 1 aromatic heterocycles. The first-order valence-corrected chi connectivity index (χ1v) is 9.34. The monoisotopic (exact) mass is 343 g/mol. The summed E-state index contributed by atoms with van der Waals surface area (Å²) in [5, 5.41) is 1.53. The van der Waals surface area contributed by atoms with Crippen LogP contribution in [0.15, 0.2) is 54.9 Å². The van der Waals surface area contributed by atoms with E-state index in [9.17, 15) is 13.2 Å². The summed E-state index contributed by atoms with van der Waals surface area (Å²) >= 11 is 0. The van der Waals surface area contributed by atoms with Gasteiger partial charge in [0, 0.05) is 17.6 Å². The van der Waals surface area contributed by atoms with Crippen LogP contribution in [0, 0.1) is 0 Å². The molecule has 3 aromatic rings. The molecule has 0 unspecified atom stereocenters. The number of nitrogens with zero attached hydrogens (tertiary/aromatic N) is 2. The summed E-state index contributed by atoms with van der Waals surface area (Å²) in [4.78, 5) is 16.3. The third kappa shape index (κ3) is 3.16. The summed E-state index contributed by atoms with van der Waals surface area (Å²) < 4.78 is 24.8. The molecule has 0 fully saturated rings. The number of para-hydroxylation sites is 2. The number of hydrogen-bond donors (Lipinski definition) is 1. The van der Waals surface area contributed by atoms with E-state index in [0.29, 0.717) is 5.69 Å². The Labute approximate surface area is 140 Å². The van der Waals surface area contributed by atoms with Crippen molar-refractivity contribution >= 4 is 32.5 Å². The predicted molar refractivity (Wildman–Crippen MR) is 94.0 cm³/mol. The molecule has 0 aliphatic rings. The van der Waals surface area contributed by atoms with Crippen molar-refractivity contribution in [2.45, 2.75) is 12.2 Å². The summed E-state index contributed by atoms with van der Waals surface area (Å²) in [7, 11) is -3.41. The van der Waals surface area contributed by atoms with Crippen LogP contribution in [0.4, 0.5) is 5.69 Å². The van der Waals surface area contributed by atoms with Gasteiger partial charge in [-0.25, -0.2) is 13.4 Å². The smallest absolute Gasteiger partial charge is 0.242 e. The second-order valence-corrected chi connectivity index (χ2v) is 7.98. The zero-order valence-corrected chi connectivity index (χ0v) is 14.1. The molecular formula is C17H17N3O3S. The van der Waals surface area contributed by atoms with E-state index in [-0.39, 0.29) is 0 Å². The minimum Gasteiger partial charge on any atom is -0.325 e. The Balaban J connectivity index is 1.82. The molecule has 0 saturated carbocycles. The first kappa shape index (κ1) is 16.2. The summed E-state index contributed by atoms with van der Waals surface area (Å²) in [6.45, 7) is 1.37. The Bertz CT molecular complexity index is 991. The fourth-order valence-corrected chi connectivity index (χ4v) is 2.76. The first-order valence-electron chi connectivity index (χ1n) is 7.38. The third-order valence-corrected chi connectivity index (χ3v) is 5.38. The van der Waals surface area contributed by atoms with Gasteiger partial charge in [-0.1, -0.05) is 12.1 Å². The molecule has 6 nitrogen and oxygen atoms in total. The number of sulfone groups is 1. The summed E-state index contributed by atoms with van der Waals surface area (Å²) in [5.74, 6) is -0.543. The normalized spacial score (nSPS) is 12.9. The van der Waals surface area contributed by atoms with Crippen molar-refractivity contribution in [1.29, 1.82) is 0 Å². The van der Waals surface area contributed by atoms with Gasteiger partial charge in [-0.2, -0.15) is 0 Å². The Kier molecular flexibility index (Phi) is 4.11. The van der Waals surface area contributed by atoms with Crippen molar-refractivity contribution in [2.24, 2.45) is 0 Å². The minimum atomic E-state index is -3.41. The fourth-order valence-electron chi connectivity index (χ4n) is 2.31. The van der Waals surface area contributed by atoms with Gasteiger partial charge in [0.15, 0.2) is 9.84 Å². The number of nitrogens with one attached hydrogen (secondary N) is 1. The average Bonchev–Trinajstić information content (AvgIpc) is 2.98. The topological polar surface area (TPSA) is 81.1 Å². The minimum absolute atomic E-state index is 0.543. The number of rotatable bonds is 4. The highest BCUT2D eigenvalue weighted by molar-refractivity contribution is 7.92. The Morgan fingerprint density at radius 2 is 1.79 bits per heavy atom. The fraction of sp³-hybridized carbons (Fsp3) is 0.176. The van der Waals surface area contributed by atoms with Crippen LogP contribution in [-0.2, 0) is 14.6 Å². The highest BCUT2D eigenvalue weighted by Gasteiger charge is 2.23. The highest BCUT2D eigenvalue weighted by atomic mass is 32.2. The summed E-state index contributed by atoms with van der Waals surface area (Å²) in [5.41, 5.74) is 3.33. The van der Waals surface area contributed by atoms with Crippen molar-refractivity contribution in [2.75, 3.05) is 11.6 Å². The second kappa shape index (κ2) is 6.09. The van der Waals surface area contributed by atoms with Crippen molar-refractivity contribution in [3.63, 3.8) is 0 Å². The van der Waals surface area contributed by atoms with Gasteiger partial charge in [-0.15, -0.1) is 0 Å². The van der Waals surface area contributed by atoms with E-state index < -0.39 is 21.0 Å². The van der Waals surface area contributed by atoms with Gasteiger partial charge in [0.25, 0.3) is 0 Å². The number of benzene rings is 2. The lowest BCUT2D eigenvalue weighted by molar-refractivity contribution is -0.115. The number of fused-ring (bicyclic) bond motifs is 1. The zero-order chi connectivity index (χ0) is 17.3. The molecule has 2 aromatic carbocycles. The molecule has 24 heavy (non-hydrogen) atoms. The number of amides is 1. The maximum absolute atomic E-state index is 11.9. The van der Waals surface area contributed by atoms with E-state index in [1.54, 1.807) is 18.5 Å². The molecule has 1 amide bonds. The van der Waals surface area contributed by atoms with Crippen LogP contribution in [0.2, 0.25) is 0 Å². The average molecular weight is 343 g/mol. The quantitative estimate of drug-likeness (QED) is 0.789. The third-order valence-electron chi connectivity index (χ3n) is 3.88. The lowest BCUT2D eigenvalue weighted by Gasteiger charge is -2.11. The molecule has 0 aliphatic carbocycles. The van der Waals surface area contributed by atoms with E-state index in [4.69, 9.17) is 0 Å². The molecule has 3 rings (SSSR count). The van der Waals surface area contributed by atoms with Crippen molar-refractivity contribution < 1.29 is 13.2 Å². The molecule has 0 saturated heterocycles. The standard InChI is InChI=1S/C17H17N3O3S/c1-12(24(2,22)23)17(21)19-13-7-9-14(10-8-13)20-11-18-15-5-3-4-6-16(15)20/h3-12H,1-2H3,(H,19,21)/t12-/m0/s1. The Hall–Kier alpha value is -2.67. The second-order valence-electron chi connectivity index (χ2n) is 5.61. The molecule has 0 spiro atoms. The van der Waals surface area contributed by atoms with Crippen LogP contribution in [0.25, 0.3) is 16.7 Å². The van der Waals surface area contributed by atoms with Crippen molar-refractivity contribution in [1.82, 2.24) is 9.55 Å². The van der Waals surface area contributed by atoms with Gasteiger partial charge in [0.1, 0.15) is 11.6 Å². The Morgan fingerprint density at radius 3 is 2.46 bits per heavy atom. The molecule has 0 aliphatic heterocycles. The first-order chi connectivity index (χ1) is 11.4. The molecule has 7 heteroatoms. The molecule has 1 heterocycles. The number of carbonyl (C=O) groups is 1. The van der Waals surface area contributed by atoms with Gasteiger partial charge >= 0.3 is 0 Å². The largest absolute Gasteiger partial charge is 0.325 e. The van der Waals surface area contributed by atoms with Crippen LogP contribution >= 0.6 is 0 Å². The van der Waals surface area contributed by atoms with Crippen LogP contribution in [0.3, 0.4) is 0 Å². The number of hydrogen-bond acceptors (Lipinski definition) is 4. The van der Waals surface area contributed by atoms with E-state index in [0.717, 1.165) is 23.0 Å². The van der Waals surface area contributed by atoms with Crippen molar-refractivity contribution in [3.8, 4) is 5.69 Å². The molecule has 1 atom stereocenters. The van der Waals surface area contributed by atoms with E-state index in [1.165, 1.54) is 6.92 Å². The van der Waals surface area contributed by atoms with E-state index in [1.807, 2.05) is 41.0 Å². The zero-order valence-electron chi connectivity index (χ0n) is 13.3. The lowest BCUT2D eigenvalue weighted by atomic mass is 10.2. The van der Waals surface area contributed by atoms with E-state index >= 15 is 0 Å². The molecular weight excluding hydrogens is 326 g/mol. The van der Waals surface area contributed by atoms with Crippen LogP contribution in [0.1, 0.15) is 6.92 Å². The van der Waals surface area contributed by atoms with Crippen LogP contribution in [0.5, 0.6) is 0 Å². The van der Waals surface area contributed by atoms with Gasteiger partial charge in [0.2, 0.25) is 5.91 Å². The van der Waals surface area contributed by atoms with Gasteiger partial charge in [-0.05, 0) is 43.3 Å². The van der Waals surface area contributed by atoms with Crippen LogP contribution < -0.4 is 5.32 Å². The maximum Gasteiger partial charge on any atom is 0.242 e. The summed E-state index contributed by atoms with van der Waals surface area (Å²) in [6.07, 6.45) is 2.79. The van der Waals surface area contributed by atoms with Crippen LogP contribution in [-0.4, -0.2) is 35.4 Å². The van der Waals surface area contributed by atoms with Gasteiger partial charge in [0.05, 0.1) is 11.0 Å². The van der Waals surface area contributed by atoms with E-state index in [2.05, 4.69) is 10.3 Å². The van der Waals surface area contributed by atoms with Gasteiger partial charge < -0.3 is 5.32 Å². The number of anilines is 1. The molecule has 0 radical (unpaired) electrons. The highest BCUT2D eigenvalue weighted by Crippen LogP contribution is 2.19. The van der Waals surface area contributed by atoms with Gasteiger partial charge in [-0.3, -0.25) is 9.36 Å².